The average Bonchev–Trinajstić information content (AvgIpc) is 3.90. The highest BCUT2D eigenvalue weighted by molar-refractivity contribution is 6.31. The monoisotopic (exact) mass is 969 g/mol. The van der Waals surface area contributed by atoms with Gasteiger partial charge in [-0.15, -0.1) is 10.2 Å². The lowest BCUT2D eigenvalue weighted by molar-refractivity contribution is -0.132. The Hall–Kier alpha value is -6.89. The van der Waals surface area contributed by atoms with E-state index < -0.39 is 12.1 Å². The van der Waals surface area contributed by atoms with Gasteiger partial charge in [0.15, 0.2) is 5.82 Å². The van der Waals surface area contributed by atoms with Crippen molar-refractivity contribution >= 4 is 46.4 Å². The number of ether oxygens (including phenoxy) is 1. The maximum atomic E-state index is 14.3. The number of carbonyl (C=O) groups is 2. The normalized spacial score (nSPS) is 19.4. The third-order valence-electron chi connectivity index (χ3n) is 14.5. The molecule has 1 saturated heterocycles. The zero-order valence-electron chi connectivity index (χ0n) is 39.6. The second-order valence-corrected chi connectivity index (χ2v) is 20.0. The van der Waals surface area contributed by atoms with Crippen LogP contribution in [0.1, 0.15) is 125 Å². The van der Waals surface area contributed by atoms with Crippen LogP contribution < -0.4 is 10.1 Å². The molecule has 3 aliphatic heterocycles. The summed E-state index contributed by atoms with van der Waals surface area (Å²) >= 11 is 12.7. The number of halogens is 2. The number of amides is 2. The standard InChI is InChI=1S/C56H53Cl2N9O3/c1-32-24-45(32)40-12-18-44-50(26-40)66-33(2)30-60-55(66)48(62-53(44)37-8-13-41(57)14-9-37)29-52(69)65-22-20-36(21-23-65)39-7-5-6-35(25-39)31-59-51(68)28-47-56-64-63-34(3)67(56)49-19-17-43(70-4)27-46(49)54(61-47)38-10-15-42(58)16-11-38/h5-19,25-27,30,32,36,45,47-48H,20-24,28-29,31H2,1-4H3,(H,59,68). The molecule has 1 aliphatic carbocycles. The number of aryl methyl sites for hydroxylation is 2. The lowest BCUT2D eigenvalue weighted by Gasteiger charge is -2.33. The Morgan fingerprint density at radius 1 is 0.729 bits per heavy atom. The van der Waals surface area contributed by atoms with Crippen molar-refractivity contribution in [1.29, 1.82) is 0 Å². The van der Waals surface area contributed by atoms with Gasteiger partial charge in [0, 0.05) is 63.8 Å². The fourth-order valence-corrected chi connectivity index (χ4v) is 10.8. The highest BCUT2D eigenvalue weighted by atomic mass is 35.5. The smallest absolute Gasteiger partial charge is 0.225 e. The summed E-state index contributed by atoms with van der Waals surface area (Å²) in [5.74, 6) is 4.14. The van der Waals surface area contributed by atoms with Gasteiger partial charge in [0.05, 0.1) is 42.7 Å². The molecule has 11 rings (SSSR count). The van der Waals surface area contributed by atoms with Crippen LogP contribution in [0, 0.1) is 19.8 Å². The van der Waals surface area contributed by atoms with Crippen LogP contribution >= 0.6 is 23.2 Å². The minimum atomic E-state index is -0.615. The molecule has 4 aliphatic rings. The van der Waals surface area contributed by atoms with E-state index in [4.69, 9.17) is 42.9 Å². The quantitative estimate of drug-likeness (QED) is 0.137. The lowest BCUT2D eigenvalue weighted by atomic mass is 9.88. The van der Waals surface area contributed by atoms with E-state index in [0.29, 0.717) is 64.6 Å². The number of nitrogens with zero attached hydrogens (tertiary/aromatic N) is 8. The predicted octanol–water partition coefficient (Wildman–Crippen LogP) is 10.8. The molecule has 70 heavy (non-hydrogen) atoms. The van der Waals surface area contributed by atoms with E-state index in [-0.39, 0.29) is 30.6 Å². The molecule has 5 heterocycles. The molecule has 4 unspecified atom stereocenters. The van der Waals surface area contributed by atoms with E-state index in [1.165, 1.54) is 17.5 Å². The van der Waals surface area contributed by atoms with Crippen LogP contribution in [0.5, 0.6) is 5.75 Å². The highest BCUT2D eigenvalue weighted by Gasteiger charge is 2.37. The zero-order chi connectivity index (χ0) is 48.2. The number of rotatable bonds is 11. The molecule has 2 aromatic heterocycles. The van der Waals surface area contributed by atoms with E-state index in [1.54, 1.807) is 7.11 Å². The summed E-state index contributed by atoms with van der Waals surface area (Å²) in [5, 5.41) is 13.4. The first-order valence-corrected chi connectivity index (χ1v) is 24.9. The Morgan fingerprint density at radius 2 is 1.41 bits per heavy atom. The topological polar surface area (TPSA) is 132 Å². The fraction of sp³-hybridized carbons (Fsp3) is 0.304. The minimum absolute atomic E-state index is 0.0657. The number of benzene rings is 5. The first kappa shape index (κ1) is 45.5. The van der Waals surface area contributed by atoms with Crippen LogP contribution in [-0.4, -0.2) is 72.7 Å². The van der Waals surface area contributed by atoms with Gasteiger partial charge in [0.2, 0.25) is 11.8 Å². The SMILES string of the molecule is COc1ccc2c(c1)C(c1ccc(Cl)cc1)=NC(CC(=O)NCc1cccc(C3CCN(C(=O)CC4N=C(c5ccc(Cl)cc5)c5ccc(C6CC6C)cc5-n5c(C)cnc54)CC3)c1)c1nnc(C)n1-2. The molecule has 0 spiro atoms. The molecule has 0 radical (unpaired) electrons. The molecule has 5 aromatic carbocycles. The highest BCUT2D eigenvalue weighted by Crippen LogP contribution is 2.48. The predicted molar refractivity (Wildman–Crippen MR) is 273 cm³/mol. The second kappa shape index (κ2) is 18.8. The number of likely N-dealkylation sites (tertiary alicyclic amines) is 1. The largest absolute Gasteiger partial charge is 0.497 e. The number of piperidine rings is 1. The van der Waals surface area contributed by atoms with Gasteiger partial charge in [-0.05, 0) is 116 Å². The number of methoxy groups -OCH3 is 1. The summed E-state index contributed by atoms with van der Waals surface area (Å²) in [7, 11) is 1.63. The first-order valence-electron chi connectivity index (χ1n) is 24.1. The van der Waals surface area contributed by atoms with Crippen LogP contribution in [0.15, 0.2) is 125 Å². The molecule has 14 heteroatoms. The van der Waals surface area contributed by atoms with Crippen LogP contribution in [-0.2, 0) is 16.1 Å². The van der Waals surface area contributed by atoms with Crippen molar-refractivity contribution in [3.05, 3.63) is 188 Å². The molecule has 1 N–H and O–H groups in total. The number of carbonyl (C=O) groups excluding carboxylic acids is 2. The van der Waals surface area contributed by atoms with E-state index in [2.05, 4.69) is 70.3 Å². The van der Waals surface area contributed by atoms with Crippen molar-refractivity contribution in [2.45, 2.75) is 83.3 Å². The number of imidazole rings is 1. The first-order chi connectivity index (χ1) is 34.0. The summed E-state index contributed by atoms with van der Waals surface area (Å²) in [6.07, 6.45) is 5.02. The van der Waals surface area contributed by atoms with Crippen molar-refractivity contribution in [2.75, 3.05) is 20.2 Å². The number of aromatic nitrogens is 5. The third kappa shape index (κ3) is 8.83. The molecule has 1 saturated carbocycles. The van der Waals surface area contributed by atoms with E-state index >= 15 is 0 Å². The maximum Gasteiger partial charge on any atom is 0.225 e. The summed E-state index contributed by atoms with van der Waals surface area (Å²) in [6.45, 7) is 7.91. The summed E-state index contributed by atoms with van der Waals surface area (Å²) in [6, 6.07) is 35.3. The number of hydrogen-bond acceptors (Lipinski definition) is 8. The van der Waals surface area contributed by atoms with E-state index in [1.807, 2.05) is 95.4 Å². The van der Waals surface area contributed by atoms with Gasteiger partial charge in [0.25, 0.3) is 0 Å². The van der Waals surface area contributed by atoms with Crippen LogP contribution in [0.25, 0.3) is 11.4 Å². The van der Waals surface area contributed by atoms with Crippen molar-refractivity contribution in [1.82, 2.24) is 34.5 Å². The van der Waals surface area contributed by atoms with Gasteiger partial charge in [-0.25, -0.2) is 4.98 Å². The van der Waals surface area contributed by atoms with Crippen molar-refractivity contribution in [2.24, 2.45) is 15.9 Å². The molecule has 354 valence electrons. The maximum absolute atomic E-state index is 14.3. The van der Waals surface area contributed by atoms with E-state index in [9.17, 15) is 9.59 Å². The van der Waals surface area contributed by atoms with Crippen LogP contribution in [0.3, 0.4) is 0 Å². The van der Waals surface area contributed by atoms with E-state index in [0.717, 1.165) is 69.3 Å². The summed E-state index contributed by atoms with van der Waals surface area (Å²) in [5.41, 5.74) is 11.7. The Balaban J connectivity index is 0.769. The van der Waals surface area contributed by atoms with Gasteiger partial charge in [-0.1, -0.05) is 90.8 Å². The fourth-order valence-electron chi connectivity index (χ4n) is 10.6. The molecule has 12 nitrogen and oxygen atoms in total. The van der Waals surface area contributed by atoms with Crippen LogP contribution in [0.4, 0.5) is 0 Å². The molecular formula is C56H53Cl2N9O3. The van der Waals surface area contributed by atoms with Crippen molar-refractivity contribution < 1.29 is 14.3 Å². The van der Waals surface area contributed by atoms with Gasteiger partial charge < -0.3 is 15.0 Å². The van der Waals surface area contributed by atoms with Crippen molar-refractivity contribution in [3.8, 4) is 17.1 Å². The molecular weight excluding hydrogens is 918 g/mol. The minimum Gasteiger partial charge on any atom is -0.497 e. The summed E-state index contributed by atoms with van der Waals surface area (Å²) < 4.78 is 9.81. The number of hydrogen-bond donors (Lipinski definition) is 1. The zero-order valence-corrected chi connectivity index (χ0v) is 41.1. The molecule has 2 amide bonds. The average molecular weight is 971 g/mol. The van der Waals surface area contributed by atoms with Gasteiger partial charge >= 0.3 is 0 Å². The number of nitrogens with one attached hydrogen (secondary N) is 1. The second-order valence-electron chi connectivity index (χ2n) is 19.1. The Kier molecular flexibility index (Phi) is 12.2. The molecule has 4 atom stereocenters. The van der Waals surface area contributed by atoms with Crippen LogP contribution in [0.2, 0.25) is 10.0 Å². The Bertz CT molecular complexity index is 3220. The summed E-state index contributed by atoms with van der Waals surface area (Å²) in [4.78, 5) is 45.7. The lowest BCUT2D eigenvalue weighted by Crippen LogP contribution is -2.38. The van der Waals surface area contributed by atoms with Gasteiger partial charge in [-0.2, -0.15) is 0 Å². The van der Waals surface area contributed by atoms with Gasteiger partial charge in [-0.3, -0.25) is 28.7 Å². The van der Waals surface area contributed by atoms with Crippen molar-refractivity contribution in [3.63, 3.8) is 0 Å². The third-order valence-corrected chi connectivity index (χ3v) is 15.0. The molecule has 0 bridgehead atoms. The molecule has 2 fully saturated rings. The van der Waals surface area contributed by atoms with Gasteiger partial charge in [0.1, 0.15) is 29.5 Å². The Labute approximate surface area is 417 Å². The Morgan fingerprint density at radius 3 is 2.10 bits per heavy atom. The number of fused-ring (bicyclic) bond motifs is 6. The number of aliphatic imine (C=N–C) groups is 2. The molecule has 7 aromatic rings.